The van der Waals surface area contributed by atoms with Gasteiger partial charge in [-0.1, -0.05) is 5.16 Å². The van der Waals surface area contributed by atoms with Gasteiger partial charge < -0.3 is 10.3 Å². The molecule has 0 aliphatic heterocycles. The molecule has 0 radical (unpaired) electrons. The van der Waals surface area contributed by atoms with Gasteiger partial charge in [-0.05, 0) is 31.2 Å². The summed E-state index contributed by atoms with van der Waals surface area (Å²) in [5.74, 6) is 2.09. The first-order valence-corrected chi connectivity index (χ1v) is 6.09. The molecular formula is C12H15N5O. The van der Waals surface area contributed by atoms with Gasteiger partial charge in [-0.3, -0.25) is 0 Å². The van der Waals surface area contributed by atoms with E-state index in [-0.39, 0.29) is 6.04 Å². The smallest absolute Gasteiger partial charge is 0.240 e. The Morgan fingerprint density at radius 2 is 2.06 bits per heavy atom. The van der Waals surface area contributed by atoms with Crippen LogP contribution in [0.15, 0.2) is 16.9 Å². The molecule has 6 heteroatoms. The molecule has 2 aromatic heterocycles. The summed E-state index contributed by atoms with van der Waals surface area (Å²) in [5, 5.41) is 3.88. The maximum Gasteiger partial charge on any atom is 0.240 e. The topological polar surface area (TPSA) is 90.7 Å². The SMILES string of the molecule is Cc1cnc(-c2noc(CC(N)C3CC3)n2)nc1. The van der Waals surface area contributed by atoms with Crippen LogP contribution in [-0.2, 0) is 6.42 Å². The summed E-state index contributed by atoms with van der Waals surface area (Å²) in [7, 11) is 0. The normalized spacial score (nSPS) is 16.8. The minimum Gasteiger partial charge on any atom is -0.339 e. The van der Waals surface area contributed by atoms with E-state index in [1.807, 2.05) is 6.92 Å². The first kappa shape index (κ1) is 11.3. The maximum atomic E-state index is 6.02. The first-order valence-electron chi connectivity index (χ1n) is 6.09. The molecule has 1 saturated carbocycles. The second-order valence-electron chi connectivity index (χ2n) is 4.80. The average Bonchev–Trinajstić information content (AvgIpc) is 3.12. The molecule has 0 aromatic carbocycles. The van der Waals surface area contributed by atoms with E-state index in [9.17, 15) is 0 Å². The highest BCUT2D eigenvalue weighted by molar-refractivity contribution is 5.40. The van der Waals surface area contributed by atoms with Gasteiger partial charge in [-0.25, -0.2) is 9.97 Å². The molecule has 6 nitrogen and oxygen atoms in total. The van der Waals surface area contributed by atoms with Crippen LogP contribution in [0.1, 0.15) is 24.3 Å². The molecule has 0 amide bonds. The molecule has 18 heavy (non-hydrogen) atoms. The highest BCUT2D eigenvalue weighted by Crippen LogP contribution is 2.32. The van der Waals surface area contributed by atoms with Crippen LogP contribution in [0.25, 0.3) is 11.6 Å². The standard InChI is InChI=1S/C12H15N5O/c1-7-5-14-11(15-6-7)12-16-10(18-17-12)4-9(13)8-2-3-8/h5-6,8-9H,2-4,13H2,1H3. The van der Waals surface area contributed by atoms with E-state index >= 15 is 0 Å². The van der Waals surface area contributed by atoms with Crippen molar-refractivity contribution in [2.75, 3.05) is 0 Å². The molecule has 1 atom stereocenters. The third-order valence-electron chi connectivity index (χ3n) is 3.09. The number of hydrogen-bond donors (Lipinski definition) is 1. The minimum atomic E-state index is 0.122. The Bertz CT molecular complexity index is 532. The number of hydrogen-bond acceptors (Lipinski definition) is 6. The maximum absolute atomic E-state index is 6.02. The van der Waals surface area contributed by atoms with Crippen molar-refractivity contribution in [3.05, 3.63) is 23.8 Å². The Morgan fingerprint density at radius 1 is 1.33 bits per heavy atom. The van der Waals surface area contributed by atoms with Crippen molar-refractivity contribution in [3.63, 3.8) is 0 Å². The lowest BCUT2D eigenvalue weighted by molar-refractivity contribution is 0.363. The summed E-state index contributed by atoms with van der Waals surface area (Å²) >= 11 is 0. The van der Waals surface area contributed by atoms with Gasteiger partial charge in [0.05, 0.1) is 0 Å². The molecule has 94 valence electrons. The van der Waals surface area contributed by atoms with Crippen LogP contribution in [0.5, 0.6) is 0 Å². The van der Waals surface area contributed by atoms with Crippen molar-refractivity contribution in [3.8, 4) is 11.6 Å². The lowest BCUT2D eigenvalue weighted by Crippen LogP contribution is -2.25. The zero-order valence-electron chi connectivity index (χ0n) is 10.2. The number of aryl methyl sites for hydroxylation is 1. The second-order valence-corrected chi connectivity index (χ2v) is 4.80. The first-order chi connectivity index (χ1) is 8.72. The van der Waals surface area contributed by atoms with Gasteiger partial charge in [0.15, 0.2) is 0 Å². The van der Waals surface area contributed by atoms with E-state index in [0.29, 0.717) is 29.9 Å². The molecule has 0 spiro atoms. The van der Waals surface area contributed by atoms with Gasteiger partial charge >= 0.3 is 0 Å². The van der Waals surface area contributed by atoms with Crippen LogP contribution in [-0.4, -0.2) is 26.2 Å². The van der Waals surface area contributed by atoms with Gasteiger partial charge in [0.1, 0.15) is 0 Å². The third kappa shape index (κ3) is 2.38. The van der Waals surface area contributed by atoms with Crippen molar-refractivity contribution < 1.29 is 4.52 Å². The fourth-order valence-corrected chi connectivity index (χ4v) is 1.83. The third-order valence-corrected chi connectivity index (χ3v) is 3.09. The van der Waals surface area contributed by atoms with E-state index in [1.165, 1.54) is 12.8 Å². The van der Waals surface area contributed by atoms with Crippen molar-refractivity contribution in [2.45, 2.75) is 32.2 Å². The van der Waals surface area contributed by atoms with Crippen LogP contribution in [0.4, 0.5) is 0 Å². The molecule has 1 unspecified atom stereocenters. The molecule has 2 aromatic rings. The Hall–Kier alpha value is -1.82. The van der Waals surface area contributed by atoms with Crippen LogP contribution in [0.3, 0.4) is 0 Å². The largest absolute Gasteiger partial charge is 0.339 e. The molecule has 0 saturated heterocycles. The minimum absolute atomic E-state index is 0.122. The molecule has 1 fully saturated rings. The van der Waals surface area contributed by atoms with Crippen LogP contribution in [0, 0.1) is 12.8 Å². The van der Waals surface area contributed by atoms with E-state index in [2.05, 4.69) is 20.1 Å². The van der Waals surface area contributed by atoms with E-state index < -0.39 is 0 Å². The lowest BCUT2D eigenvalue weighted by Gasteiger charge is -2.04. The number of aromatic nitrogens is 4. The van der Waals surface area contributed by atoms with E-state index in [4.69, 9.17) is 10.3 Å². The van der Waals surface area contributed by atoms with E-state index in [1.54, 1.807) is 12.4 Å². The predicted molar refractivity (Wildman–Crippen MR) is 64.5 cm³/mol. The molecule has 2 N–H and O–H groups in total. The van der Waals surface area contributed by atoms with Gasteiger partial charge in [0.2, 0.25) is 17.5 Å². The molecule has 2 heterocycles. The molecule has 1 aliphatic rings. The summed E-state index contributed by atoms with van der Waals surface area (Å²) in [6.07, 6.45) is 6.51. The number of rotatable bonds is 4. The van der Waals surface area contributed by atoms with Gasteiger partial charge in [-0.2, -0.15) is 4.98 Å². The molecule has 0 bridgehead atoms. The van der Waals surface area contributed by atoms with Crippen molar-refractivity contribution >= 4 is 0 Å². The van der Waals surface area contributed by atoms with Crippen LogP contribution < -0.4 is 5.73 Å². The summed E-state index contributed by atoms with van der Waals surface area (Å²) in [6.45, 7) is 1.93. The van der Waals surface area contributed by atoms with Crippen molar-refractivity contribution in [1.82, 2.24) is 20.1 Å². The Morgan fingerprint density at radius 3 is 2.72 bits per heavy atom. The van der Waals surface area contributed by atoms with Gasteiger partial charge in [0.25, 0.3) is 0 Å². The second kappa shape index (κ2) is 4.45. The summed E-state index contributed by atoms with van der Waals surface area (Å²) in [4.78, 5) is 12.6. The number of nitrogens with zero attached hydrogens (tertiary/aromatic N) is 4. The fraction of sp³-hybridized carbons (Fsp3) is 0.500. The van der Waals surface area contributed by atoms with Crippen LogP contribution >= 0.6 is 0 Å². The molecule has 1 aliphatic carbocycles. The predicted octanol–water partition coefficient (Wildman–Crippen LogP) is 1.11. The fourth-order valence-electron chi connectivity index (χ4n) is 1.83. The monoisotopic (exact) mass is 245 g/mol. The highest BCUT2D eigenvalue weighted by Gasteiger charge is 2.29. The van der Waals surface area contributed by atoms with Crippen LogP contribution in [0.2, 0.25) is 0 Å². The quantitative estimate of drug-likeness (QED) is 0.867. The Kier molecular flexibility index (Phi) is 2.79. The van der Waals surface area contributed by atoms with Crippen molar-refractivity contribution in [1.29, 1.82) is 0 Å². The lowest BCUT2D eigenvalue weighted by atomic mass is 10.1. The summed E-state index contributed by atoms with van der Waals surface area (Å²) in [6, 6.07) is 0.122. The van der Waals surface area contributed by atoms with Gasteiger partial charge in [0, 0.05) is 24.9 Å². The van der Waals surface area contributed by atoms with Gasteiger partial charge in [-0.15, -0.1) is 0 Å². The molecule has 3 rings (SSSR count). The Labute approximate surface area is 105 Å². The average molecular weight is 245 g/mol. The number of nitrogens with two attached hydrogens (primary N) is 1. The molecular weight excluding hydrogens is 230 g/mol. The zero-order valence-corrected chi connectivity index (χ0v) is 10.2. The summed E-state index contributed by atoms with van der Waals surface area (Å²) in [5.41, 5.74) is 7.02. The summed E-state index contributed by atoms with van der Waals surface area (Å²) < 4.78 is 5.18. The highest BCUT2D eigenvalue weighted by atomic mass is 16.5. The zero-order chi connectivity index (χ0) is 12.5. The Balaban J connectivity index is 1.74. The van der Waals surface area contributed by atoms with E-state index in [0.717, 1.165) is 5.56 Å². The van der Waals surface area contributed by atoms with Crippen molar-refractivity contribution in [2.24, 2.45) is 11.7 Å².